The van der Waals surface area contributed by atoms with Gasteiger partial charge in [-0.15, -0.1) is 5.10 Å². The molecule has 2 aromatic heterocycles. The molecule has 4 nitrogen and oxygen atoms in total. The van der Waals surface area contributed by atoms with Crippen LogP contribution in [-0.4, -0.2) is 19.6 Å². The van der Waals surface area contributed by atoms with Gasteiger partial charge in [-0.3, -0.25) is 0 Å². The zero-order valence-electron chi connectivity index (χ0n) is 15.4. The van der Waals surface area contributed by atoms with E-state index in [-0.39, 0.29) is 0 Å². The molecule has 2 heterocycles. The molecule has 0 spiro atoms. The predicted octanol–water partition coefficient (Wildman–Crippen LogP) is 5.43. The highest BCUT2D eigenvalue weighted by Gasteiger charge is 2.11. The maximum absolute atomic E-state index is 4.71. The van der Waals surface area contributed by atoms with Crippen LogP contribution in [0.25, 0.3) is 39.5 Å². The van der Waals surface area contributed by atoms with Gasteiger partial charge in [0.15, 0.2) is 5.82 Å². The number of hydrogen-bond donors (Lipinski definition) is 0. The first-order valence-electron chi connectivity index (χ1n) is 9.24. The second kappa shape index (κ2) is 6.74. The van der Waals surface area contributed by atoms with Crippen molar-refractivity contribution in [3.8, 4) is 33.8 Å². The Hall–Kier alpha value is -3.79. The second-order valence-electron chi connectivity index (χ2n) is 6.74. The number of benzene rings is 3. The van der Waals surface area contributed by atoms with Crippen molar-refractivity contribution >= 4 is 5.78 Å². The fourth-order valence-corrected chi connectivity index (χ4v) is 3.33. The van der Waals surface area contributed by atoms with Gasteiger partial charge in [0.2, 0.25) is 0 Å². The van der Waals surface area contributed by atoms with Crippen LogP contribution in [0.5, 0.6) is 0 Å². The Morgan fingerprint density at radius 3 is 1.86 bits per heavy atom. The number of aryl methyl sites for hydroxylation is 1. The summed E-state index contributed by atoms with van der Waals surface area (Å²) in [6.07, 6.45) is 0. The van der Waals surface area contributed by atoms with E-state index in [1.807, 2.05) is 49.4 Å². The molecule has 0 aliphatic rings. The molecule has 0 saturated carbocycles. The maximum atomic E-state index is 4.71. The number of hydrogen-bond acceptors (Lipinski definition) is 3. The molecule has 5 aromatic rings. The Kier molecular flexibility index (Phi) is 3.95. The summed E-state index contributed by atoms with van der Waals surface area (Å²) in [5.74, 6) is 1.29. The van der Waals surface area contributed by atoms with E-state index in [1.165, 1.54) is 11.1 Å². The van der Waals surface area contributed by atoms with Crippen molar-refractivity contribution in [2.75, 3.05) is 0 Å². The van der Waals surface area contributed by atoms with Crippen LogP contribution in [0.15, 0.2) is 91.0 Å². The van der Waals surface area contributed by atoms with E-state index in [1.54, 1.807) is 4.52 Å². The van der Waals surface area contributed by atoms with E-state index in [4.69, 9.17) is 4.98 Å². The number of aromatic nitrogens is 4. The summed E-state index contributed by atoms with van der Waals surface area (Å²) in [5.41, 5.74) is 6.33. The Bertz CT molecular complexity index is 1240. The number of fused-ring (bicyclic) bond motifs is 1. The zero-order chi connectivity index (χ0) is 18.9. The molecule has 134 valence electrons. The van der Waals surface area contributed by atoms with Crippen LogP contribution >= 0.6 is 0 Å². The molecule has 4 heteroatoms. The van der Waals surface area contributed by atoms with E-state index in [9.17, 15) is 0 Å². The van der Waals surface area contributed by atoms with Gasteiger partial charge in [0.25, 0.3) is 5.78 Å². The number of nitrogens with zero attached hydrogens (tertiary/aromatic N) is 4. The molecular formula is C24H18N4. The lowest BCUT2D eigenvalue weighted by Crippen LogP contribution is -1.97. The molecule has 0 bridgehead atoms. The van der Waals surface area contributed by atoms with E-state index in [2.05, 4.69) is 58.6 Å². The van der Waals surface area contributed by atoms with Gasteiger partial charge in [-0.25, -0.2) is 9.50 Å². The summed E-state index contributed by atoms with van der Waals surface area (Å²) >= 11 is 0. The van der Waals surface area contributed by atoms with Gasteiger partial charge in [0, 0.05) is 16.8 Å². The van der Waals surface area contributed by atoms with Gasteiger partial charge in [-0.05, 0) is 24.1 Å². The van der Waals surface area contributed by atoms with Crippen LogP contribution in [-0.2, 0) is 0 Å². The minimum absolute atomic E-state index is 0.612. The van der Waals surface area contributed by atoms with Crippen molar-refractivity contribution in [3.05, 3.63) is 96.7 Å². The van der Waals surface area contributed by atoms with Crippen molar-refractivity contribution in [3.63, 3.8) is 0 Å². The lowest BCUT2D eigenvalue weighted by Gasteiger charge is -2.03. The standard InChI is InChI=1S/C24H18N4/c1-17-16-22(20-10-6-3-7-11-20)25-24-26-23(27-28(17)24)21-14-12-19(13-15-21)18-8-4-2-5-9-18/h2-16H,1H3. The molecular weight excluding hydrogens is 344 g/mol. The van der Waals surface area contributed by atoms with E-state index in [0.29, 0.717) is 11.6 Å². The first kappa shape index (κ1) is 16.4. The van der Waals surface area contributed by atoms with Gasteiger partial charge in [0.05, 0.1) is 5.69 Å². The van der Waals surface area contributed by atoms with Gasteiger partial charge in [0.1, 0.15) is 0 Å². The van der Waals surface area contributed by atoms with Gasteiger partial charge >= 0.3 is 0 Å². The molecule has 0 unspecified atom stereocenters. The summed E-state index contributed by atoms with van der Waals surface area (Å²) in [6, 6.07) is 30.8. The fraction of sp³-hybridized carbons (Fsp3) is 0.0417. The van der Waals surface area contributed by atoms with Crippen LogP contribution in [0.3, 0.4) is 0 Å². The number of rotatable bonds is 3. The van der Waals surface area contributed by atoms with Crippen LogP contribution in [0, 0.1) is 6.92 Å². The predicted molar refractivity (Wildman–Crippen MR) is 112 cm³/mol. The van der Waals surface area contributed by atoms with E-state index >= 15 is 0 Å². The Balaban J connectivity index is 1.54. The van der Waals surface area contributed by atoms with Crippen molar-refractivity contribution in [2.45, 2.75) is 6.92 Å². The lowest BCUT2D eigenvalue weighted by atomic mass is 10.0. The summed E-state index contributed by atoms with van der Waals surface area (Å²) in [5, 5.41) is 4.66. The minimum atomic E-state index is 0.612. The Morgan fingerprint density at radius 1 is 0.607 bits per heavy atom. The molecule has 0 aliphatic carbocycles. The van der Waals surface area contributed by atoms with Crippen LogP contribution < -0.4 is 0 Å². The van der Waals surface area contributed by atoms with Crippen molar-refractivity contribution in [2.24, 2.45) is 0 Å². The molecule has 0 aliphatic heterocycles. The van der Waals surface area contributed by atoms with Crippen LogP contribution in [0.4, 0.5) is 0 Å². The minimum Gasteiger partial charge on any atom is -0.211 e. The lowest BCUT2D eigenvalue weighted by molar-refractivity contribution is 0.899. The third-order valence-electron chi connectivity index (χ3n) is 4.81. The second-order valence-corrected chi connectivity index (χ2v) is 6.74. The molecule has 28 heavy (non-hydrogen) atoms. The Labute approximate surface area is 163 Å². The van der Waals surface area contributed by atoms with E-state index in [0.717, 1.165) is 22.5 Å². The third-order valence-corrected chi connectivity index (χ3v) is 4.81. The average molecular weight is 362 g/mol. The molecule has 0 radical (unpaired) electrons. The molecule has 3 aromatic carbocycles. The van der Waals surface area contributed by atoms with Gasteiger partial charge in [-0.1, -0.05) is 84.9 Å². The van der Waals surface area contributed by atoms with Gasteiger partial charge < -0.3 is 0 Å². The largest absolute Gasteiger partial charge is 0.253 e. The maximum Gasteiger partial charge on any atom is 0.253 e. The topological polar surface area (TPSA) is 43.1 Å². The highest BCUT2D eigenvalue weighted by molar-refractivity contribution is 5.68. The molecule has 0 fully saturated rings. The molecule has 5 rings (SSSR count). The SMILES string of the molecule is Cc1cc(-c2ccccc2)nc2nc(-c3ccc(-c4ccccc4)cc3)nn12. The van der Waals surface area contributed by atoms with Gasteiger partial charge in [-0.2, -0.15) is 4.98 Å². The fourth-order valence-electron chi connectivity index (χ4n) is 3.33. The summed E-state index contributed by atoms with van der Waals surface area (Å²) < 4.78 is 1.80. The summed E-state index contributed by atoms with van der Waals surface area (Å²) in [7, 11) is 0. The molecule has 0 saturated heterocycles. The molecule has 0 N–H and O–H groups in total. The Morgan fingerprint density at radius 2 is 1.18 bits per heavy atom. The smallest absolute Gasteiger partial charge is 0.211 e. The molecule has 0 amide bonds. The first-order chi connectivity index (χ1) is 13.8. The normalized spacial score (nSPS) is 11.0. The highest BCUT2D eigenvalue weighted by atomic mass is 15.3. The molecule has 0 atom stereocenters. The van der Waals surface area contributed by atoms with Crippen molar-refractivity contribution in [1.29, 1.82) is 0 Å². The summed E-state index contributed by atoms with van der Waals surface area (Å²) in [4.78, 5) is 9.38. The summed E-state index contributed by atoms with van der Waals surface area (Å²) in [6.45, 7) is 2.03. The van der Waals surface area contributed by atoms with E-state index < -0.39 is 0 Å². The third kappa shape index (κ3) is 2.95. The monoisotopic (exact) mass is 362 g/mol. The highest BCUT2D eigenvalue weighted by Crippen LogP contribution is 2.24. The average Bonchev–Trinajstić information content (AvgIpc) is 3.20. The quantitative estimate of drug-likeness (QED) is 0.429. The zero-order valence-corrected chi connectivity index (χ0v) is 15.4. The van der Waals surface area contributed by atoms with Crippen molar-refractivity contribution in [1.82, 2.24) is 19.6 Å². The van der Waals surface area contributed by atoms with Crippen molar-refractivity contribution < 1.29 is 0 Å². The van der Waals surface area contributed by atoms with Crippen LogP contribution in [0.1, 0.15) is 5.69 Å². The first-order valence-corrected chi connectivity index (χ1v) is 9.24. The van der Waals surface area contributed by atoms with Crippen LogP contribution in [0.2, 0.25) is 0 Å².